The molecule has 0 bridgehead atoms. The summed E-state index contributed by atoms with van der Waals surface area (Å²) in [6, 6.07) is 4.88. The molecule has 1 unspecified atom stereocenters. The summed E-state index contributed by atoms with van der Waals surface area (Å²) >= 11 is 0. The molecule has 2 atom stereocenters. The standard InChI is InChI=1S/C17H19N3O4.ClH/c21-15-4-3-14(16(22)19-15)20-9-10-7-11(1-2-13(10)17(20)23)24-12-5-6-18-8-12;/h1-2,7,12,14,18H,3-6,8-9H2,(H,19,21,22);1H/t12-,14?;/m0./s1. The first kappa shape index (κ1) is 17.7. The number of carbonyl (C=O) groups excluding carboxylic acids is 3. The predicted octanol–water partition coefficient (Wildman–Crippen LogP) is 0.610. The number of nitrogens with zero attached hydrogens (tertiary/aromatic N) is 1. The monoisotopic (exact) mass is 365 g/mol. The Labute approximate surface area is 151 Å². The molecule has 1 aromatic carbocycles. The van der Waals surface area contributed by atoms with E-state index in [0.717, 1.165) is 30.8 Å². The molecule has 134 valence electrons. The topological polar surface area (TPSA) is 87.7 Å². The van der Waals surface area contributed by atoms with Gasteiger partial charge in [0.1, 0.15) is 17.9 Å². The van der Waals surface area contributed by atoms with E-state index >= 15 is 0 Å². The maximum absolute atomic E-state index is 12.6. The molecule has 2 fully saturated rings. The van der Waals surface area contributed by atoms with Crippen LogP contribution in [-0.2, 0) is 16.1 Å². The van der Waals surface area contributed by atoms with E-state index in [0.29, 0.717) is 18.5 Å². The number of imide groups is 1. The number of fused-ring (bicyclic) bond motifs is 1. The Balaban J connectivity index is 0.00000182. The summed E-state index contributed by atoms with van der Waals surface area (Å²) in [5, 5.41) is 5.56. The van der Waals surface area contributed by atoms with Crippen molar-refractivity contribution in [2.75, 3.05) is 13.1 Å². The van der Waals surface area contributed by atoms with Gasteiger partial charge in [-0.05, 0) is 43.1 Å². The van der Waals surface area contributed by atoms with Gasteiger partial charge in [0.05, 0.1) is 0 Å². The molecule has 3 heterocycles. The van der Waals surface area contributed by atoms with Crippen molar-refractivity contribution in [2.24, 2.45) is 0 Å². The molecule has 8 heteroatoms. The summed E-state index contributed by atoms with van der Waals surface area (Å²) in [4.78, 5) is 37.5. The molecule has 3 amide bonds. The minimum absolute atomic E-state index is 0. The van der Waals surface area contributed by atoms with Crippen LogP contribution < -0.4 is 15.4 Å². The lowest BCUT2D eigenvalue weighted by Crippen LogP contribution is -2.52. The number of halogens is 1. The molecule has 3 aliphatic heterocycles. The highest BCUT2D eigenvalue weighted by atomic mass is 35.5. The third kappa shape index (κ3) is 3.34. The highest BCUT2D eigenvalue weighted by Gasteiger charge is 2.39. The SMILES string of the molecule is Cl.O=C1CCC(N2Cc3cc(O[C@H]4CCNC4)ccc3C2=O)C(=O)N1. The molecule has 2 saturated heterocycles. The van der Waals surface area contributed by atoms with Crippen molar-refractivity contribution in [3.8, 4) is 5.75 Å². The van der Waals surface area contributed by atoms with Gasteiger partial charge in [0.2, 0.25) is 11.8 Å². The van der Waals surface area contributed by atoms with E-state index in [1.807, 2.05) is 12.1 Å². The van der Waals surface area contributed by atoms with Crippen molar-refractivity contribution in [3.05, 3.63) is 29.3 Å². The van der Waals surface area contributed by atoms with Crippen molar-refractivity contribution in [3.63, 3.8) is 0 Å². The van der Waals surface area contributed by atoms with Gasteiger partial charge >= 0.3 is 0 Å². The average Bonchev–Trinajstić information content (AvgIpc) is 3.16. The van der Waals surface area contributed by atoms with E-state index in [2.05, 4.69) is 10.6 Å². The fraction of sp³-hybridized carbons (Fsp3) is 0.471. The molecular weight excluding hydrogens is 346 g/mol. The van der Waals surface area contributed by atoms with Gasteiger partial charge in [0, 0.05) is 25.1 Å². The van der Waals surface area contributed by atoms with Crippen molar-refractivity contribution < 1.29 is 19.1 Å². The number of hydrogen-bond donors (Lipinski definition) is 2. The number of ether oxygens (including phenoxy) is 1. The highest BCUT2D eigenvalue weighted by Crippen LogP contribution is 2.30. The van der Waals surface area contributed by atoms with E-state index in [9.17, 15) is 14.4 Å². The second kappa shape index (κ2) is 7.01. The maximum Gasteiger partial charge on any atom is 0.255 e. The Hall–Kier alpha value is -2.12. The zero-order chi connectivity index (χ0) is 16.7. The van der Waals surface area contributed by atoms with Crippen LogP contribution in [0.15, 0.2) is 18.2 Å². The van der Waals surface area contributed by atoms with Crippen molar-refractivity contribution in [2.45, 2.75) is 38.0 Å². The summed E-state index contributed by atoms with van der Waals surface area (Å²) < 4.78 is 5.94. The molecule has 0 aliphatic carbocycles. The maximum atomic E-state index is 12.6. The Bertz CT molecular complexity index is 718. The van der Waals surface area contributed by atoms with Crippen molar-refractivity contribution in [1.82, 2.24) is 15.5 Å². The first-order valence-corrected chi connectivity index (χ1v) is 8.27. The van der Waals surface area contributed by atoms with Gasteiger partial charge in [-0.1, -0.05) is 0 Å². The van der Waals surface area contributed by atoms with Crippen LogP contribution in [0.4, 0.5) is 0 Å². The normalized spacial score (nSPS) is 25.4. The lowest BCUT2D eigenvalue weighted by molar-refractivity contribution is -0.136. The van der Waals surface area contributed by atoms with Crippen LogP contribution in [0.1, 0.15) is 35.2 Å². The predicted molar refractivity (Wildman–Crippen MR) is 91.6 cm³/mol. The minimum Gasteiger partial charge on any atom is -0.489 e. The second-order valence-electron chi connectivity index (χ2n) is 6.45. The van der Waals surface area contributed by atoms with Crippen LogP contribution in [0.5, 0.6) is 5.75 Å². The van der Waals surface area contributed by atoms with E-state index in [4.69, 9.17) is 4.74 Å². The van der Waals surface area contributed by atoms with Crippen LogP contribution in [-0.4, -0.2) is 47.9 Å². The molecule has 3 aliphatic rings. The number of benzene rings is 1. The average molecular weight is 366 g/mol. The van der Waals surface area contributed by atoms with Gasteiger partial charge < -0.3 is 15.0 Å². The summed E-state index contributed by atoms with van der Waals surface area (Å²) in [6.07, 6.45) is 1.77. The highest BCUT2D eigenvalue weighted by molar-refractivity contribution is 6.05. The summed E-state index contributed by atoms with van der Waals surface area (Å²) in [5.41, 5.74) is 1.48. The third-order valence-electron chi connectivity index (χ3n) is 4.81. The molecule has 0 saturated carbocycles. The Morgan fingerprint density at radius 3 is 2.72 bits per heavy atom. The molecule has 7 nitrogen and oxygen atoms in total. The summed E-state index contributed by atoms with van der Waals surface area (Å²) in [5.74, 6) is -0.0730. The van der Waals surface area contributed by atoms with Gasteiger partial charge in [-0.2, -0.15) is 0 Å². The van der Waals surface area contributed by atoms with Gasteiger partial charge in [0.15, 0.2) is 0 Å². The number of nitrogens with one attached hydrogen (secondary N) is 2. The molecule has 1 aromatic rings. The smallest absolute Gasteiger partial charge is 0.255 e. The lowest BCUT2D eigenvalue weighted by Gasteiger charge is -2.29. The molecule has 0 aromatic heterocycles. The van der Waals surface area contributed by atoms with Gasteiger partial charge in [-0.3, -0.25) is 19.7 Å². The quantitative estimate of drug-likeness (QED) is 0.766. The number of amides is 3. The van der Waals surface area contributed by atoms with Crippen LogP contribution >= 0.6 is 12.4 Å². The van der Waals surface area contributed by atoms with Crippen LogP contribution in [0, 0.1) is 0 Å². The largest absolute Gasteiger partial charge is 0.489 e. The zero-order valence-electron chi connectivity index (χ0n) is 13.6. The van der Waals surface area contributed by atoms with Crippen molar-refractivity contribution in [1.29, 1.82) is 0 Å². The first-order valence-electron chi connectivity index (χ1n) is 8.27. The number of piperidine rings is 1. The zero-order valence-corrected chi connectivity index (χ0v) is 14.4. The third-order valence-corrected chi connectivity index (χ3v) is 4.81. The van der Waals surface area contributed by atoms with Gasteiger partial charge in [0.25, 0.3) is 5.91 Å². The van der Waals surface area contributed by atoms with Crippen LogP contribution in [0.25, 0.3) is 0 Å². The molecule has 25 heavy (non-hydrogen) atoms. The van der Waals surface area contributed by atoms with E-state index in [1.54, 1.807) is 11.0 Å². The second-order valence-corrected chi connectivity index (χ2v) is 6.45. The van der Waals surface area contributed by atoms with E-state index in [-0.39, 0.29) is 42.7 Å². The fourth-order valence-electron chi connectivity index (χ4n) is 3.55. The molecule has 2 N–H and O–H groups in total. The Morgan fingerprint density at radius 2 is 2.00 bits per heavy atom. The fourth-order valence-corrected chi connectivity index (χ4v) is 3.55. The minimum atomic E-state index is -0.578. The van der Waals surface area contributed by atoms with Crippen LogP contribution in [0.2, 0.25) is 0 Å². The Kier molecular flexibility index (Phi) is 4.96. The van der Waals surface area contributed by atoms with Crippen molar-refractivity contribution >= 4 is 30.1 Å². The number of rotatable bonds is 3. The molecular formula is C17H20ClN3O4. The molecule has 4 rings (SSSR count). The van der Waals surface area contributed by atoms with E-state index in [1.165, 1.54) is 0 Å². The van der Waals surface area contributed by atoms with E-state index < -0.39 is 6.04 Å². The summed E-state index contributed by atoms with van der Waals surface area (Å²) in [6.45, 7) is 2.16. The van der Waals surface area contributed by atoms with Gasteiger partial charge in [-0.25, -0.2) is 0 Å². The number of carbonyl (C=O) groups is 3. The number of hydrogen-bond acceptors (Lipinski definition) is 5. The Morgan fingerprint density at radius 1 is 1.16 bits per heavy atom. The van der Waals surface area contributed by atoms with Gasteiger partial charge in [-0.15, -0.1) is 12.4 Å². The lowest BCUT2D eigenvalue weighted by atomic mass is 10.0. The summed E-state index contributed by atoms with van der Waals surface area (Å²) in [7, 11) is 0. The first-order chi connectivity index (χ1) is 11.6. The molecule has 0 radical (unpaired) electrons. The van der Waals surface area contributed by atoms with Crippen LogP contribution in [0.3, 0.4) is 0 Å². The molecule has 0 spiro atoms.